The van der Waals surface area contributed by atoms with Crippen LogP contribution in [-0.4, -0.2) is 11.6 Å². The fraction of sp³-hybridized carbons (Fsp3) is 0. The number of hydrogen-bond donors (Lipinski definition) is 1. The van der Waals surface area contributed by atoms with Gasteiger partial charge in [-0.15, -0.1) is 0 Å². The van der Waals surface area contributed by atoms with Crippen molar-refractivity contribution in [3.05, 3.63) is 84.4 Å². The van der Waals surface area contributed by atoms with Crippen molar-refractivity contribution < 1.29 is 9.53 Å². The van der Waals surface area contributed by atoms with Crippen molar-refractivity contribution in [3.63, 3.8) is 0 Å². The molecule has 116 valence electrons. The number of amides is 1. The lowest BCUT2D eigenvalue weighted by Gasteiger charge is -2.06. The standard InChI is InChI=1S/C20H14N2O2/c23-20-19(17-11-4-5-12-18(17)22-20)21-14-7-6-10-16(13-14)24-15-8-2-1-3-9-15/h1-13H,(H,21,22,23). The number of nitrogens with zero attached hydrogens (tertiary/aromatic N) is 1. The maximum absolute atomic E-state index is 12.1. The molecule has 4 nitrogen and oxygen atoms in total. The van der Waals surface area contributed by atoms with E-state index in [1.807, 2.05) is 78.9 Å². The van der Waals surface area contributed by atoms with E-state index >= 15 is 0 Å². The molecular weight excluding hydrogens is 300 g/mol. The summed E-state index contributed by atoms with van der Waals surface area (Å²) in [4.78, 5) is 16.6. The average Bonchev–Trinajstić information content (AvgIpc) is 2.92. The van der Waals surface area contributed by atoms with Crippen LogP contribution in [0.4, 0.5) is 11.4 Å². The van der Waals surface area contributed by atoms with Crippen LogP contribution in [0.3, 0.4) is 0 Å². The predicted molar refractivity (Wildman–Crippen MR) is 94.2 cm³/mol. The molecule has 0 bridgehead atoms. The van der Waals surface area contributed by atoms with Crippen molar-refractivity contribution in [1.82, 2.24) is 0 Å². The lowest BCUT2D eigenvalue weighted by atomic mass is 10.1. The van der Waals surface area contributed by atoms with E-state index in [0.29, 0.717) is 17.1 Å². The summed E-state index contributed by atoms with van der Waals surface area (Å²) in [7, 11) is 0. The average molecular weight is 314 g/mol. The number of rotatable bonds is 3. The zero-order valence-corrected chi connectivity index (χ0v) is 12.8. The first kappa shape index (κ1) is 14.2. The molecule has 3 aromatic carbocycles. The van der Waals surface area contributed by atoms with E-state index in [4.69, 9.17) is 4.74 Å². The second-order valence-electron chi connectivity index (χ2n) is 5.37. The Balaban J connectivity index is 1.66. The van der Waals surface area contributed by atoms with Gasteiger partial charge in [0.15, 0.2) is 0 Å². The maximum atomic E-state index is 12.1. The van der Waals surface area contributed by atoms with Gasteiger partial charge in [0.25, 0.3) is 5.91 Å². The zero-order valence-electron chi connectivity index (χ0n) is 12.8. The molecule has 1 heterocycles. The van der Waals surface area contributed by atoms with Crippen LogP contribution in [0.25, 0.3) is 0 Å². The van der Waals surface area contributed by atoms with Gasteiger partial charge in [0.1, 0.15) is 17.2 Å². The minimum atomic E-state index is -0.189. The first-order valence-electron chi connectivity index (χ1n) is 7.62. The Hall–Kier alpha value is -3.40. The summed E-state index contributed by atoms with van der Waals surface area (Å²) in [6.45, 7) is 0. The van der Waals surface area contributed by atoms with Gasteiger partial charge in [-0.25, -0.2) is 4.99 Å². The van der Waals surface area contributed by atoms with Gasteiger partial charge in [0.2, 0.25) is 0 Å². The van der Waals surface area contributed by atoms with Gasteiger partial charge in [0.05, 0.1) is 11.4 Å². The van der Waals surface area contributed by atoms with Gasteiger partial charge >= 0.3 is 0 Å². The highest BCUT2D eigenvalue weighted by Crippen LogP contribution is 2.28. The number of carbonyl (C=O) groups excluding carboxylic acids is 1. The molecule has 0 fully saturated rings. The van der Waals surface area contributed by atoms with Crippen LogP contribution in [0.5, 0.6) is 11.5 Å². The lowest BCUT2D eigenvalue weighted by Crippen LogP contribution is -2.13. The van der Waals surface area contributed by atoms with Crippen LogP contribution in [0.2, 0.25) is 0 Å². The van der Waals surface area contributed by atoms with Crippen LogP contribution in [-0.2, 0) is 4.79 Å². The van der Waals surface area contributed by atoms with E-state index in [1.165, 1.54) is 0 Å². The lowest BCUT2D eigenvalue weighted by molar-refractivity contribution is -0.110. The van der Waals surface area contributed by atoms with Crippen LogP contribution in [0.1, 0.15) is 5.56 Å². The van der Waals surface area contributed by atoms with E-state index in [1.54, 1.807) is 0 Å². The van der Waals surface area contributed by atoms with Crippen molar-refractivity contribution in [2.24, 2.45) is 4.99 Å². The van der Waals surface area contributed by atoms with E-state index in [-0.39, 0.29) is 5.91 Å². The molecule has 3 aromatic rings. The highest BCUT2D eigenvalue weighted by Gasteiger charge is 2.25. The molecule has 0 saturated carbocycles. The Bertz CT molecular complexity index is 933. The molecule has 24 heavy (non-hydrogen) atoms. The quantitative estimate of drug-likeness (QED) is 0.771. The van der Waals surface area contributed by atoms with Gasteiger partial charge in [-0.3, -0.25) is 4.79 Å². The summed E-state index contributed by atoms with van der Waals surface area (Å²) in [5.74, 6) is 1.24. The van der Waals surface area contributed by atoms with Crippen molar-refractivity contribution in [1.29, 1.82) is 0 Å². The van der Waals surface area contributed by atoms with E-state index < -0.39 is 0 Å². The van der Waals surface area contributed by atoms with Gasteiger partial charge in [-0.1, -0.05) is 42.5 Å². The van der Waals surface area contributed by atoms with Crippen LogP contribution in [0, 0.1) is 0 Å². The highest BCUT2D eigenvalue weighted by atomic mass is 16.5. The van der Waals surface area contributed by atoms with Crippen molar-refractivity contribution in [2.45, 2.75) is 0 Å². The normalized spacial score (nSPS) is 14.3. The van der Waals surface area contributed by atoms with Crippen LogP contribution < -0.4 is 10.1 Å². The summed E-state index contributed by atoms with van der Waals surface area (Å²) < 4.78 is 5.81. The van der Waals surface area contributed by atoms with E-state index in [0.717, 1.165) is 17.0 Å². The van der Waals surface area contributed by atoms with E-state index in [2.05, 4.69) is 10.3 Å². The van der Waals surface area contributed by atoms with Crippen molar-refractivity contribution in [3.8, 4) is 11.5 Å². The molecule has 1 amide bonds. The number of ether oxygens (including phenoxy) is 1. The number of benzene rings is 3. The smallest absolute Gasteiger partial charge is 0.275 e. The minimum absolute atomic E-state index is 0.189. The largest absolute Gasteiger partial charge is 0.457 e. The van der Waals surface area contributed by atoms with Crippen LogP contribution in [0.15, 0.2) is 83.9 Å². The van der Waals surface area contributed by atoms with Crippen molar-refractivity contribution in [2.75, 3.05) is 5.32 Å². The summed E-state index contributed by atoms with van der Waals surface area (Å²) in [6.07, 6.45) is 0. The summed E-state index contributed by atoms with van der Waals surface area (Å²) >= 11 is 0. The molecule has 1 N–H and O–H groups in total. The molecule has 4 heteroatoms. The molecular formula is C20H14N2O2. The molecule has 0 atom stereocenters. The molecule has 0 radical (unpaired) electrons. The molecule has 0 saturated heterocycles. The molecule has 1 aliphatic rings. The number of para-hydroxylation sites is 2. The number of nitrogens with one attached hydrogen (secondary N) is 1. The third kappa shape index (κ3) is 2.77. The Morgan fingerprint density at radius 1 is 0.792 bits per heavy atom. The summed E-state index contributed by atoms with van der Waals surface area (Å²) in [5, 5.41) is 2.82. The van der Waals surface area contributed by atoms with Crippen LogP contribution >= 0.6 is 0 Å². The third-order valence-electron chi connectivity index (χ3n) is 3.68. The first-order chi connectivity index (χ1) is 11.8. The van der Waals surface area contributed by atoms with Gasteiger partial charge in [0, 0.05) is 11.6 Å². The molecule has 1 aliphatic heterocycles. The van der Waals surface area contributed by atoms with Crippen molar-refractivity contribution >= 4 is 23.0 Å². The Morgan fingerprint density at radius 2 is 1.54 bits per heavy atom. The summed E-state index contributed by atoms with van der Waals surface area (Å²) in [6, 6.07) is 24.5. The number of hydrogen-bond acceptors (Lipinski definition) is 3. The second-order valence-corrected chi connectivity index (χ2v) is 5.37. The Morgan fingerprint density at radius 3 is 2.42 bits per heavy atom. The monoisotopic (exact) mass is 314 g/mol. The predicted octanol–water partition coefficient (Wildman–Crippen LogP) is 4.55. The van der Waals surface area contributed by atoms with Gasteiger partial charge in [-0.2, -0.15) is 0 Å². The van der Waals surface area contributed by atoms with Gasteiger partial charge in [-0.05, 0) is 30.3 Å². The maximum Gasteiger partial charge on any atom is 0.275 e. The minimum Gasteiger partial charge on any atom is -0.457 e. The number of carbonyl (C=O) groups is 1. The molecule has 0 spiro atoms. The Labute approximate surface area is 139 Å². The fourth-order valence-electron chi connectivity index (χ4n) is 2.58. The van der Waals surface area contributed by atoms with Gasteiger partial charge < -0.3 is 10.1 Å². The van der Waals surface area contributed by atoms with E-state index in [9.17, 15) is 4.79 Å². The molecule has 0 aliphatic carbocycles. The molecule has 0 unspecified atom stereocenters. The number of fused-ring (bicyclic) bond motifs is 1. The molecule has 0 aromatic heterocycles. The third-order valence-corrected chi connectivity index (χ3v) is 3.68. The SMILES string of the molecule is O=C1Nc2ccccc2C1=Nc1cccc(Oc2ccccc2)c1. The highest BCUT2D eigenvalue weighted by molar-refractivity contribution is 6.54. The number of aliphatic imine (C=N–C) groups is 1. The number of anilines is 1. The zero-order chi connectivity index (χ0) is 16.4. The topological polar surface area (TPSA) is 50.7 Å². The Kier molecular flexibility index (Phi) is 3.56. The fourth-order valence-corrected chi connectivity index (χ4v) is 2.58. The summed E-state index contributed by atoms with van der Waals surface area (Å²) in [5.41, 5.74) is 2.70. The second kappa shape index (κ2) is 6.01. The first-order valence-corrected chi connectivity index (χ1v) is 7.62. The molecule has 4 rings (SSSR count).